The van der Waals surface area contributed by atoms with Crippen LogP contribution in [0.1, 0.15) is 36.7 Å². The van der Waals surface area contributed by atoms with Crippen LogP contribution in [0.4, 0.5) is 5.00 Å². The van der Waals surface area contributed by atoms with Gasteiger partial charge in [-0.05, 0) is 12.5 Å². The van der Waals surface area contributed by atoms with Gasteiger partial charge in [0, 0.05) is 21.1 Å². The van der Waals surface area contributed by atoms with E-state index in [-0.39, 0.29) is 0 Å². The van der Waals surface area contributed by atoms with Crippen LogP contribution in [-0.2, 0) is 6.42 Å². The average Bonchev–Trinajstić information content (AvgIpc) is 3.08. The molecule has 2 N–H and O–H groups in total. The summed E-state index contributed by atoms with van der Waals surface area (Å²) in [5, 5.41) is 6.53. The van der Waals surface area contributed by atoms with Gasteiger partial charge < -0.3 is 10.3 Å². The molecule has 114 valence electrons. The first-order chi connectivity index (χ1) is 10.1. The van der Waals surface area contributed by atoms with Gasteiger partial charge in [0.15, 0.2) is 5.82 Å². The Hall–Kier alpha value is -0.660. The van der Waals surface area contributed by atoms with Crippen LogP contribution in [0.25, 0.3) is 11.5 Å². The average molecular weight is 342 g/mol. The summed E-state index contributed by atoms with van der Waals surface area (Å²) in [5.74, 6) is 2.38. The molecule has 0 saturated carbocycles. The number of aryl methyl sites for hydroxylation is 1. The predicted octanol–water partition coefficient (Wildman–Crippen LogP) is 4.24. The second-order valence-corrected chi connectivity index (χ2v) is 9.33. The molecule has 0 spiro atoms. The summed E-state index contributed by atoms with van der Waals surface area (Å²) < 4.78 is 5.45. The van der Waals surface area contributed by atoms with Crippen molar-refractivity contribution in [3.8, 4) is 11.5 Å². The molecule has 3 heterocycles. The van der Waals surface area contributed by atoms with Gasteiger partial charge in [-0.15, -0.1) is 23.1 Å². The van der Waals surface area contributed by atoms with Crippen molar-refractivity contribution in [2.75, 3.05) is 11.5 Å². The molecule has 1 aliphatic heterocycles. The van der Waals surface area contributed by atoms with E-state index in [0.717, 1.165) is 28.6 Å². The van der Waals surface area contributed by atoms with Crippen molar-refractivity contribution in [1.29, 1.82) is 0 Å². The highest BCUT2D eigenvalue weighted by Crippen LogP contribution is 2.44. The Morgan fingerprint density at radius 1 is 1.38 bits per heavy atom. The van der Waals surface area contributed by atoms with Crippen LogP contribution >= 0.6 is 34.9 Å². The van der Waals surface area contributed by atoms with Gasteiger partial charge in [-0.3, -0.25) is 0 Å². The molecule has 0 aliphatic carbocycles. The number of nitrogens with zero attached hydrogens (tertiary/aromatic N) is 2. The fourth-order valence-electron chi connectivity index (χ4n) is 2.19. The van der Waals surface area contributed by atoms with Crippen molar-refractivity contribution in [1.82, 2.24) is 10.1 Å². The van der Waals surface area contributed by atoms with Gasteiger partial charge >= 0.3 is 0 Å². The molecule has 0 bridgehead atoms. The van der Waals surface area contributed by atoms with Crippen LogP contribution < -0.4 is 5.73 Å². The Labute approximate surface area is 137 Å². The third-order valence-electron chi connectivity index (χ3n) is 3.67. The van der Waals surface area contributed by atoms with E-state index in [9.17, 15) is 0 Å². The van der Waals surface area contributed by atoms with Gasteiger partial charge in [0.1, 0.15) is 0 Å². The van der Waals surface area contributed by atoms with Crippen LogP contribution in [0.3, 0.4) is 0 Å². The molecule has 2 aromatic rings. The van der Waals surface area contributed by atoms with Crippen molar-refractivity contribution in [3.05, 3.63) is 16.8 Å². The molecule has 4 nitrogen and oxygen atoms in total. The van der Waals surface area contributed by atoms with Crippen molar-refractivity contribution in [2.24, 2.45) is 0 Å². The zero-order chi connectivity index (χ0) is 15.0. The molecule has 0 aromatic carbocycles. The first-order valence-electron chi connectivity index (χ1n) is 7.07. The molecule has 3 rings (SSSR count). The highest BCUT2D eigenvalue weighted by Gasteiger charge is 2.30. The fourth-order valence-corrected chi connectivity index (χ4v) is 5.89. The van der Waals surface area contributed by atoms with Crippen LogP contribution in [0.2, 0.25) is 0 Å². The summed E-state index contributed by atoms with van der Waals surface area (Å²) in [6.07, 6.45) is 0.973. The van der Waals surface area contributed by atoms with E-state index in [1.807, 2.05) is 23.5 Å². The lowest BCUT2D eigenvalue weighted by Crippen LogP contribution is -2.22. The monoisotopic (exact) mass is 341 g/mol. The minimum absolute atomic E-state index is 0.309. The molecular formula is C14H19N3OS3. The van der Waals surface area contributed by atoms with E-state index >= 15 is 0 Å². The fraction of sp³-hybridized carbons (Fsp3) is 0.571. The van der Waals surface area contributed by atoms with E-state index in [1.54, 1.807) is 11.3 Å². The Bertz CT molecular complexity index is 625. The molecule has 0 amide bonds. The molecule has 2 aromatic heterocycles. The first-order valence-corrected chi connectivity index (χ1v) is 9.88. The van der Waals surface area contributed by atoms with Crippen LogP contribution in [0, 0.1) is 0 Å². The zero-order valence-corrected chi connectivity index (χ0v) is 14.8. The van der Waals surface area contributed by atoms with Crippen molar-refractivity contribution < 1.29 is 4.52 Å². The van der Waals surface area contributed by atoms with Gasteiger partial charge in [0.2, 0.25) is 0 Å². The van der Waals surface area contributed by atoms with Crippen molar-refractivity contribution >= 4 is 39.9 Å². The van der Waals surface area contributed by atoms with E-state index in [4.69, 9.17) is 10.3 Å². The molecule has 3 unspecified atom stereocenters. The Morgan fingerprint density at radius 3 is 2.86 bits per heavy atom. The standard InChI is InChI=1S/C14H19N3OS3/c1-4-9-5-10(12(15)21-9)14-16-13(17-18-14)11-6-19-7(2)8(3)20-11/h5,7-8,11H,4,6,15H2,1-3H3. The number of nitrogen functional groups attached to an aromatic ring is 1. The molecule has 7 heteroatoms. The summed E-state index contributed by atoms with van der Waals surface area (Å²) in [5.41, 5.74) is 6.94. The maximum Gasteiger partial charge on any atom is 0.260 e. The second-order valence-electron chi connectivity index (χ2n) is 5.17. The lowest BCUT2D eigenvalue weighted by atomic mass is 10.2. The Morgan fingerprint density at radius 2 is 2.19 bits per heavy atom. The summed E-state index contributed by atoms with van der Waals surface area (Å²) in [7, 11) is 0. The van der Waals surface area contributed by atoms with E-state index in [0.29, 0.717) is 21.6 Å². The molecule has 21 heavy (non-hydrogen) atoms. The summed E-state index contributed by atoms with van der Waals surface area (Å²) >= 11 is 5.51. The number of aromatic nitrogens is 2. The number of nitrogens with two attached hydrogens (primary N) is 1. The minimum Gasteiger partial charge on any atom is -0.390 e. The predicted molar refractivity (Wildman–Crippen MR) is 93.1 cm³/mol. The largest absolute Gasteiger partial charge is 0.390 e. The topological polar surface area (TPSA) is 64.9 Å². The van der Waals surface area contributed by atoms with Crippen molar-refractivity contribution in [3.63, 3.8) is 0 Å². The van der Waals surface area contributed by atoms with Crippen LogP contribution in [0.15, 0.2) is 10.6 Å². The lowest BCUT2D eigenvalue weighted by molar-refractivity contribution is 0.423. The molecule has 1 aliphatic rings. The summed E-state index contributed by atoms with van der Waals surface area (Å²) in [6, 6.07) is 2.06. The summed E-state index contributed by atoms with van der Waals surface area (Å²) in [6.45, 7) is 6.66. The quantitative estimate of drug-likeness (QED) is 0.901. The lowest BCUT2D eigenvalue weighted by Gasteiger charge is -2.29. The smallest absolute Gasteiger partial charge is 0.260 e. The zero-order valence-electron chi connectivity index (χ0n) is 12.3. The number of rotatable bonds is 3. The molecule has 3 atom stereocenters. The maximum atomic E-state index is 6.06. The third-order valence-corrected chi connectivity index (χ3v) is 8.17. The van der Waals surface area contributed by atoms with Gasteiger partial charge in [-0.2, -0.15) is 16.7 Å². The van der Waals surface area contributed by atoms with E-state index in [2.05, 4.69) is 37.0 Å². The molecule has 1 fully saturated rings. The van der Waals surface area contributed by atoms with Gasteiger partial charge in [-0.25, -0.2) is 0 Å². The number of thiophene rings is 1. The van der Waals surface area contributed by atoms with Crippen molar-refractivity contribution in [2.45, 2.75) is 42.9 Å². The highest BCUT2D eigenvalue weighted by atomic mass is 32.2. The Kier molecular flexibility index (Phi) is 4.51. The van der Waals surface area contributed by atoms with Gasteiger partial charge in [-0.1, -0.05) is 25.9 Å². The van der Waals surface area contributed by atoms with Gasteiger partial charge in [0.05, 0.1) is 15.8 Å². The normalized spacial score (nSPS) is 26.1. The van der Waals surface area contributed by atoms with E-state index in [1.165, 1.54) is 4.88 Å². The van der Waals surface area contributed by atoms with Gasteiger partial charge in [0.25, 0.3) is 5.89 Å². The maximum absolute atomic E-state index is 6.06. The van der Waals surface area contributed by atoms with E-state index < -0.39 is 0 Å². The number of thioether (sulfide) groups is 2. The number of hydrogen-bond acceptors (Lipinski definition) is 7. The highest BCUT2D eigenvalue weighted by molar-refractivity contribution is 8.07. The summed E-state index contributed by atoms with van der Waals surface area (Å²) in [4.78, 5) is 5.83. The Balaban J connectivity index is 1.81. The third kappa shape index (κ3) is 3.10. The molecule has 0 radical (unpaired) electrons. The SMILES string of the molecule is CCc1cc(-c2nc(C3CSC(C)C(C)S3)no2)c(N)s1. The minimum atomic E-state index is 0.309. The molecule has 1 saturated heterocycles. The van der Waals surface area contributed by atoms with Crippen LogP contribution in [0.5, 0.6) is 0 Å². The van der Waals surface area contributed by atoms with Crippen LogP contribution in [-0.4, -0.2) is 26.4 Å². The molecular weight excluding hydrogens is 322 g/mol. The second kappa shape index (κ2) is 6.22. The number of hydrogen-bond donors (Lipinski definition) is 1. The first kappa shape index (κ1) is 15.2. The number of anilines is 1.